The summed E-state index contributed by atoms with van der Waals surface area (Å²) in [6.45, 7) is 0. The molecule has 0 aliphatic rings. The average Bonchev–Trinajstić information content (AvgIpc) is 2.28. The Kier molecular flexibility index (Phi) is 5.03. The number of carbonyl (C=O) groups excluding carboxylic acids is 2. The minimum Gasteiger partial charge on any atom is -0.508 e. The van der Waals surface area contributed by atoms with Crippen molar-refractivity contribution in [2.24, 2.45) is 0 Å². The third-order valence-electron chi connectivity index (χ3n) is 2.16. The molecule has 17 heavy (non-hydrogen) atoms. The normalized spacial score (nSPS) is 10.0. The monoisotopic (exact) mass is 253 g/mol. The van der Waals surface area contributed by atoms with Crippen LogP contribution in [-0.4, -0.2) is 35.6 Å². The number of carbonyl (C=O) groups is 2. The summed E-state index contributed by atoms with van der Waals surface area (Å²) in [5.74, 6) is 0.128. The van der Waals surface area contributed by atoms with Crippen LogP contribution in [0, 0.1) is 0 Å². The molecule has 0 atom stereocenters. The van der Waals surface area contributed by atoms with Gasteiger partial charge in [0.25, 0.3) is 5.24 Å². The van der Waals surface area contributed by atoms with Gasteiger partial charge in [-0.25, -0.2) is 0 Å². The van der Waals surface area contributed by atoms with Gasteiger partial charge in [-0.3, -0.25) is 4.79 Å². The molecule has 0 fully saturated rings. The zero-order chi connectivity index (χ0) is 12.8. The van der Waals surface area contributed by atoms with Crippen LogP contribution in [-0.2, 0) is 11.2 Å². The van der Waals surface area contributed by atoms with E-state index >= 15 is 0 Å². The summed E-state index contributed by atoms with van der Waals surface area (Å²) in [6, 6.07) is 5.06. The number of rotatable bonds is 4. The van der Waals surface area contributed by atoms with E-state index in [0.717, 1.165) is 23.6 Å². The van der Waals surface area contributed by atoms with Gasteiger partial charge in [0.1, 0.15) is 12.0 Å². The van der Waals surface area contributed by atoms with Gasteiger partial charge in [0.15, 0.2) is 0 Å². The van der Waals surface area contributed by atoms with Crippen molar-refractivity contribution in [3.8, 4) is 5.75 Å². The van der Waals surface area contributed by atoms with Crippen LogP contribution in [0.25, 0.3) is 0 Å². The van der Waals surface area contributed by atoms with E-state index in [1.165, 1.54) is 4.90 Å². The van der Waals surface area contributed by atoms with E-state index in [1.54, 1.807) is 32.3 Å². The van der Waals surface area contributed by atoms with Crippen LogP contribution in [0.15, 0.2) is 23.1 Å². The van der Waals surface area contributed by atoms with Crippen LogP contribution in [0.3, 0.4) is 0 Å². The maximum Gasteiger partial charge on any atom is 0.285 e. The van der Waals surface area contributed by atoms with E-state index in [2.05, 4.69) is 0 Å². The number of aldehydes is 1. The highest BCUT2D eigenvalue weighted by Gasteiger charge is 2.09. The largest absolute Gasteiger partial charge is 0.508 e. The minimum atomic E-state index is -0.0926. The third-order valence-corrected chi connectivity index (χ3v) is 3.19. The molecule has 0 unspecified atom stereocenters. The summed E-state index contributed by atoms with van der Waals surface area (Å²) in [5, 5.41) is 9.62. The van der Waals surface area contributed by atoms with E-state index in [1.807, 2.05) is 0 Å². The summed E-state index contributed by atoms with van der Waals surface area (Å²) in [7, 11) is 3.35. The number of thioether (sulfide) groups is 1. The lowest BCUT2D eigenvalue weighted by Crippen LogP contribution is -2.15. The Morgan fingerprint density at radius 1 is 1.47 bits per heavy atom. The molecule has 1 amide bonds. The van der Waals surface area contributed by atoms with Gasteiger partial charge in [-0.05, 0) is 35.9 Å². The molecule has 0 aromatic heterocycles. The highest BCUT2D eigenvalue weighted by Crippen LogP contribution is 2.27. The van der Waals surface area contributed by atoms with E-state index in [-0.39, 0.29) is 11.0 Å². The van der Waals surface area contributed by atoms with Crippen LogP contribution in [0.4, 0.5) is 4.79 Å². The van der Waals surface area contributed by atoms with E-state index < -0.39 is 0 Å². The molecule has 4 nitrogen and oxygen atoms in total. The lowest BCUT2D eigenvalue weighted by Gasteiger charge is -2.10. The lowest BCUT2D eigenvalue weighted by molar-refractivity contribution is -0.107. The summed E-state index contributed by atoms with van der Waals surface area (Å²) >= 11 is 1.06. The van der Waals surface area contributed by atoms with Gasteiger partial charge in [0.05, 0.1) is 0 Å². The van der Waals surface area contributed by atoms with Crippen molar-refractivity contribution in [1.29, 1.82) is 0 Å². The number of hydrogen-bond donors (Lipinski definition) is 1. The smallest absolute Gasteiger partial charge is 0.285 e. The first-order chi connectivity index (χ1) is 8.04. The zero-order valence-electron chi connectivity index (χ0n) is 9.84. The predicted molar refractivity (Wildman–Crippen MR) is 67.4 cm³/mol. The number of hydrogen-bond acceptors (Lipinski definition) is 4. The minimum absolute atomic E-state index is 0.0926. The van der Waals surface area contributed by atoms with Crippen molar-refractivity contribution in [2.45, 2.75) is 17.7 Å². The molecular formula is C12H15NO3S. The molecule has 1 rings (SSSR count). The first kappa shape index (κ1) is 13.6. The summed E-state index contributed by atoms with van der Waals surface area (Å²) in [4.78, 5) is 23.8. The van der Waals surface area contributed by atoms with Gasteiger partial charge in [0, 0.05) is 25.4 Å². The van der Waals surface area contributed by atoms with Gasteiger partial charge in [-0.1, -0.05) is 6.07 Å². The second-order valence-electron chi connectivity index (χ2n) is 3.76. The number of phenolic OH excluding ortho intramolecular Hbond substituents is 1. The molecule has 0 aliphatic carbocycles. The fourth-order valence-electron chi connectivity index (χ4n) is 1.23. The summed E-state index contributed by atoms with van der Waals surface area (Å²) in [6.07, 6.45) is 1.72. The van der Waals surface area contributed by atoms with Crippen molar-refractivity contribution in [2.75, 3.05) is 14.1 Å². The molecule has 1 aromatic rings. The molecule has 0 saturated heterocycles. The number of phenols is 1. The molecule has 0 radical (unpaired) electrons. The van der Waals surface area contributed by atoms with Gasteiger partial charge in [-0.15, -0.1) is 0 Å². The molecule has 0 aliphatic heterocycles. The van der Waals surface area contributed by atoms with Crippen molar-refractivity contribution in [3.05, 3.63) is 23.8 Å². The molecule has 1 N–H and O–H groups in total. The highest BCUT2D eigenvalue weighted by molar-refractivity contribution is 8.13. The first-order valence-corrected chi connectivity index (χ1v) is 6.01. The molecule has 0 saturated carbocycles. The molecule has 0 bridgehead atoms. The number of benzene rings is 1. The van der Waals surface area contributed by atoms with Crippen LogP contribution in [0.5, 0.6) is 5.75 Å². The molecule has 0 spiro atoms. The fourth-order valence-corrected chi connectivity index (χ4v) is 1.92. The van der Waals surface area contributed by atoms with E-state index in [4.69, 9.17) is 0 Å². The Hall–Kier alpha value is -1.49. The van der Waals surface area contributed by atoms with Crippen molar-refractivity contribution < 1.29 is 14.7 Å². The Labute approximate surface area is 105 Å². The number of aryl methyl sites for hydroxylation is 1. The van der Waals surface area contributed by atoms with Crippen LogP contribution in [0.2, 0.25) is 0 Å². The average molecular weight is 253 g/mol. The van der Waals surface area contributed by atoms with Gasteiger partial charge in [0.2, 0.25) is 0 Å². The fraction of sp³-hybridized carbons (Fsp3) is 0.333. The quantitative estimate of drug-likeness (QED) is 0.660. The summed E-state index contributed by atoms with van der Waals surface area (Å²) < 4.78 is 0. The Bertz CT molecular complexity index is 418. The Morgan fingerprint density at radius 3 is 2.71 bits per heavy atom. The number of amides is 1. The number of aromatic hydroxyl groups is 1. The van der Waals surface area contributed by atoms with Crippen molar-refractivity contribution in [3.63, 3.8) is 0 Å². The summed E-state index contributed by atoms with van der Waals surface area (Å²) in [5.41, 5.74) is 0.721. The van der Waals surface area contributed by atoms with Gasteiger partial charge >= 0.3 is 0 Å². The Morgan fingerprint density at radius 2 is 2.18 bits per heavy atom. The first-order valence-electron chi connectivity index (χ1n) is 5.19. The van der Waals surface area contributed by atoms with E-state index in [9.17, 15) is 14.7 Å². The molecule has 5 heteroatoms. The van der Waals surface area contributed by atoms with Crippen molar-refractivity contribution in [1.82, 2.24) is 4.90 Å². The predicted octanol–water partition coefficient (Wildman–Crippen LogP) is 2.30. The second-order valence-corrected chi connectivity index (χ2v) is 4.78. The molecular weight excluding hydrogens is 238 g/mol. The molecule has 0 heterocycles. The maximum atomic E-state index is 11.4. The van der Waals surface area contributed by atoms with Gasteiger partial charge in [-0.2, -0.15) is 0 Å². The highest BCUT2D eigenvalue weighted by atomic mass is 32.2. The van der Waals surface area contributed by atoms with Crippen LogP contribution in [0.1, 0.15) is 12.0 Å². The maximum absolute atomic E-state index is 11.4. The SMILES string of the molecule is CN(C)C(=O)Sc1ccc(CCC=O)c(O)c1. The number of nitrogens with zero attached hydrogens (tertiary/aromatic N) is 1. The molecule has 92 valence electrons. The Balaban J connectivity index is 2.74. The van der Waals surface area contributed by atoms with Crippen molar-refractivity contribution >= 4 is 23.3 Å². The lowest BCUT2D eigenvalue weighted by atomic mass is 10.1. The zero-order valence-corrected chi connectivity index (χ0v) is 10.7. The van der Waals surface area contributed by atoms with E-state index in [0.29, 0.717) is 17.7 Å². The standard InChI is InChI=1S/C12H15NO3S/c1-13(2)12(16)17-10-6-5-9(4-3-7-14)11(15)8-10/h5-8,15H,3-4H2,1-2H3. The van der Waals surface area contributed by atoms with Crippen LogP contribution >= 0.6 is 11.8 Å². The third kappa shape index (κ3) is 4.11. The molecule has 1 aromatic carbocycles. The second kappa shape index (κ2) is 6.30. The van der Waals surface area contributed by atoms with Gasteiger partial charge < -0.3 is 14.8 Å². The van der Waals surface area contributed by atoms with Crippen LogP contribution < -0.4 is 0 Å². The topological polar surface area (TPSA) is 57.6 Å².